The molecular weight excluding hydrogens is 570 g/mol. The topological polar surface area (TPSA) is 104 Å². The Balaban J connectivity index is 1.62. The first-order valence-electron chi connectivity index (χ1n) is 12.2. The Bertz CT molecular complexity index is 1450. The third-order valence-corrected chi connectivity index (χ3v) is 8.64. The van der Waals surface area contributed by atoms with Gasteiger partial charge in [-0.1, -0.05) is 70.5 Å². The molecule has 4 rings (SSSR count). The number of fused-ring (bicyclic) bond motifs is 1. The van der Waals surface area contributed by atoms with Crippen molar-refractivity contribution in [1.29, 1.82) is 0 Å². The van der Waals surface area contributed by atoms with E-state index in [4.69, 9.17) is 0 Å². The molecule has 0 spiro atoms. The van der Waals surface area contributed by atoms with Crippen LogP contribution in [0.4, 0.5) is 0 Å². The summed E-state index contributed by atoms with van der Waals surface area (Å²) in [5, 5.41) is 2.83. The quantitative estimate of drug-likeness (QED) is 0.383. The van der Waals surface area contributed by atoms with Gasteiger partial charge in [0.05, 0.1) is 5.56 Å². The zero-order chi connectivity index (χ0) is 27.3. The van der Waals surface area contributed by atoms with E-state index in [-0.39, 0.29) is 42.3 Å². The Morgan fingerprint density at radius 3 is 2.34 bits per heavy atom. The van der Waals surface area contributed by atoms with Crippen molar-refractivity contribution in [1.82, 2.24) is 14.5 Å². The monoisotopic (exact) mass is 597 g/mol. The number of likely N-dealkylation sites (N-methyl/N-ethyl adjacent to an activating group) is 1. The predicted molar refractivity (Wildman–Crippen MR) is 147 cm³/mol. The first-order valence-corrected chi connectivity index (χ1v) is 14.5. The largest absolute Gasteiger partial charge is 0.355 e. The molecule has 3 aromatic rings. The second kappa shape index (κ2) is 11.9. The first kappa shape index (κ1) is 27.5. The van der Waals surface area contributed by atoms with Crippen molar-refractivity contribution in [3.63, 3.8) is 0 Å². The van der Waals surface area contributed by atoms with E-state index in [1.807, 2.05) is 54.6 Å². The van der Waals surface area contributed by atoms with E-state index < -0.39 is 27.9 Å². The predicted octanol–water partition coefficient (Wildman–Crippen LogP) is 3.76. The number of halogens is 1. The number of carbonyl (C=O) groups excluding carboxylic acids is 3. The summed E-state index contributed by atoms with van der Waals surface area (Å²) in [4.78, 5) is 41.2. The molecule has 0 fully saturated rings. The summed E-state index contributed by atoms with van der Waals surface area (Å²) in [7, 11) is -4.05. The molecule has 0 radical (unpaired) electrons. The SMILES string of the molecule is CCNC(=O)[C@H](Cc1ccccc1)N(Cc1cccc(Br)c1)C(=O)CCN1C(=O)c2ccccc2S1(=O)=O. The molecule has 1 N–H and O–H groups in total. The highest BCUT2D eigenvalue weighted by molar-refractivity contribution is 9.10. The van der Waals surface area contributed by atoms with Gasteiger partial charge in [0.2, 0.25) is 11.8 Å². The molecule has 3 aromatic carbocycles. The highest BCUT2D eigenvalue weighted by Gasteiger charge is 2.41. The molecular formula is C28H28BrN3O5S. The van der Waals surface area contributed by atoms with E-state index in [1.165, 1.54) is 17.0 Å². The normalized spacial score (nSPS) is 14.6. The number of benzene rings is 3. The minimum atomic E-state index is -4.05. The lowest BCUT2D eigenvalue weighted by Crippen LogP contribution is -2.51. The highest BCUT2D eigenvalue weighted by atomic mass is 79.9. The molecule has 0 unspecified atom stereocenters. The molecule has 3 amide bonds. The molecule has 0 saturated carbocycles. The van der Waals surface area contributed by atoms with Crippen LogP contribution in [0.25, 0.3) is 0 Å². The summed E-state index contributed by atoms with van der Waals surface area (Å²) in [5.41, 5.74) is 1.77. The van der Waals surface area contributed by atoms with Gasteiger partial charge in [0.15, 0.2) is 0 Å². The summed E-state index contributed by atoms with van der Waals surface area (Å²) in [6.45, 7) is 2.01. The van der Waals surface area contributed by atoms with Crippen molar-refractivity contribution in [3.8, 4) is 0 Å². The summed E-state index contributed by atoms with van der Waals surface area (Å²) in [6.07, 6.45) is 0.0104. The van der Waals surface area contributed by atoms with Crippen molar-refractivity contribution < 1.29 is 22.8 Å². The zero-order valence-corrected chi connectivity index (χ0v) is 23.2. The number of amides is 3. The lowest BCUT2D eigenvalue weighted by molar-refractivity contribution is -0.141. The number of carbonyl (C=O) groups is 3. The lowest BCUT2D eigenvalue weighted by Gasteiger charge is -2.32. The Morgan fingerprint density at radius 1 is 0.974 bits per heavy atom. The minimum absolute atomic E-state index is 0.0623. The van der Waals surface area contributed by atoms with Gasteiger partial charge in [-0.2, -0.15) is 0 Å². The fourth-order valence-electron chi connectivity index (χ4n) is 4.47. The molecule has 8 nitrogen and oxygen atoms in total. The molecule has 0 bridgehead atoms. The van der Waals surface area contributed by atoms with Gasteiger partial charge in [0, 0.05) is 36.9 Å². The summed E-state index contributed by atoms with van der Waals surface area (Å²) < 4.78 is 27.5. The van der Waals surface area contributed by atoms with Gasteiger partial charge < -0.3 is 10.2 Å². The molecule has 10 heteroatoms. The van der Waals surface area contributed by atoms with Crippen molar-refractivity contribution in [2.24, 2.45) is 0 Å². The van der Waals surface area contributed by atoms with Crippen molar-refractivity contribution >= 4 is 43.7 Å². The van der Waals surface area contributed by atoms with Gasteiger partial charge in [0.1, 0.15) is 10.9 Å². The highest BCUT2D eigenvalue weighted by Crippen LogP contribution is 2.30. The number of nitrogens with zero attached hydrogens (tertiary/aromatic N) is 2. The zero-order valence-electron chi connectivity index (χ0n) is 20.8. The van der Waals surface area contributed by atoms with Crippen LogP contribution in [0.2, 0.25) is 0 Å². The van der Waals surface area contributed by atoms with Crippen molar-refractivity contribution in [3.05, 3.63) is 100 Å². The third-order valence-electron chi connectivity index (χ3n) is 6.30. The van der Waals surface area contributed by atoms with Crippen LogP contribution in [-0.4, -0.2) is 54.5 Å². The van der Waals surface area contributed by atoms with E-state index in [1.54, 1.807) is 19.1 Å². The molecule has 1 aliphatic heterocycles. The lowest BCUT2D eigenvalue weighted by atomic mass is 10.0. The number of sulfonamides is 1. The van der Waals surface area contributed by atoms with Gasteiger partial charge >= 0.3 is 0 Å². The average molecular weight is 599 g/mol. The second-order valence-corrected chi connectivity index (χ2v) is 11.6. The van der Waals surface area contributed by atoms with Gasteiger partial charge in [-0.05, 0) is 42.3 Å². The number of hydrogen-bond acceptors (Lipinski definition) is 5. The standard InChI is InChI=1S/C28H28BrN3O5S/c1-2-30-27(34)24(18-20-9-4-3-5-10-20)31(19-21-11-8-12-22(29)17-21)26(33)15-16-32-28(35)23-13-6-7-14-25(23)38(32,36)37/h3-14,17,24H,2,15-16,18-19H2,1H3,(H,30,34)/t24-/m0/s1. The van der Waals surface area contributed by atoms with E-state index in [0.717, 1.165) is 19.9 Å². The van der Waals surface area contributed by atoms with Gasteiger partial charge in [-0.15, -0.1) is 0 Å². The van der Waals surface area contributed by atoms with Gasteiger partial charge in [0.25, 0.3) is 15.9 Å². The van der Waals surface area contributed by atoms with Crippen LogP contribution in [0.1, 0.15) is 34.8 Å². The minimum Gasteiger partial charge on any atom is -0.355 e. The Kier molecular flexibility index (Phi) is 8.63. The average Bonchev–Trinajstić information content (AvgIpc) is 3.10. The van der Waals surface area contributed by atoms with Gasteiger partial charge in [-0.25, -0.2) is 12.7 Å². The van der Waals surface area contributed by atoms with Crippen LogP contribution in [0, 0.1) is 0 Å². The van der Waals surface area contributed by atoms with E-state index in [9.17, 15) is 22.8 Å². The van der Waals surface area contributed by atoms with Crippen LogP contribution in [-0.2, 0) is 32.6 Å². The fourth-order valence-corrected chi connectivity index (χ4v) is 6.49. The third kappa shape index (κ3) is 5.97. The maximum absolute atomic E-state index is 13.7. The van der Waals surface area contributed by atoms with Crippen LogP contribution < -0.4 is 5.32 Å². The first-order chi connectivity index (χ1) is 18.2. The molecule has 1 aliphatic rings. The maximum atomic E-state index is 13.7. The van der Waals surface area contributed by atoms with E-state index in [0.29, 0.717) is 6.54 Å². The molecule has 0 aromatic heterocycles. The second-order valence-electron chi connectivity index (χ2n) is 8.88. The molecule has 0 saturated heterocycles. The fraction of sp³-hybridized carbons (Fsp3) is 0.250. The van der Waals surface area contributed by atoms with Crippen LogP contribution in [0.3, 0.4) is 0 Å². The van der Waals surface area contributed by atoms with Crippen LogP contribution >= 0.6 is 15.9 Å². The molecule has 1 heterocycles. The van der Waals surface area contributed by atoms with Crippen molar-refractivity contribution in [2.75, 3.05) is 13.1 Å². The van der Waals surface area contributed by atoms with Crippen molar-refractivity contribution in [2.45, 2.75) is 37.2 Å². The number of nitrogens with one attached hydrogen (secondary N) is 1. The molecule has 1 atom stereocenters. The summed E-state index contributed by atoms with van der Waals surface area (Å²) in [6, 6.07) is 22.0. The smallest absolute Gasteiger partial charge is 0.269 e. The van der Waals surface area contributed by atoms with Crippen LogP contribution in [0.15, 0.2) is 88.2 Å². The van der Waals surface area contributed by atoms with E-state index >= 15 is 0 Å². The molecule has 198 valence electrons. The van der Waals surface area contributed by atoms with Gasteiger partial charge in [-0.3, -0.25) is 14.4 Å². The Labute approximate surface area is 230 Å². The number of hydrogen-bond donors (Lipinski definition) is 1. The summed E-state index contributed by atoms with van der Waals surface area (Å²) in [5.74, 6) is -1.40. The van der Waals surface area contributed by atoms with Crippen LogP contribution in [0.5, 0.6) is 0 Å². The Morgan fingerprint density at radius 2 is 1.66 bits per heavy atom. The van der Waals surface area contributed by atoms with E-state index in [2.05, 4.69) is 21.2 Å². The maximum Gasteiger partial charge on any atom is 0.269 e. The summed E-state index contributed by atoms with van der Waals surface area (Å²) >= 11 is 3.45. The molecule has 0 aliphatic carbocycles. The Hall–Kier alpha value is -3.50. The molecule has 38 heavy (non-hydrogen) atoms. The number of rotatable bonds is 10.